The average molecular weight is 295 g/mol. The Bertz CT molecular complexity index is 503. The molecule has 19 heavy (non-hydrogen) atoms. The summed E-state index contributed by atoms with van der Waals surface area (Å²) in [6.45, 7) is 0.582. The number of nitrogens with one attached hydrogen (secondary N) is 1. The topological polar surface area (TPSA) is 49.3 Å². The van der Waals surface area contributed by atoms with Crippen LogP contribution < -0.4 is 5.32 Å². The summed E-state index contributed by atoms with van der Waals surface area (Å²) in [5, 5.41) is 11.6. The van der Waals surface area contributed by atoms with Crippen molar-refractivity contribution in [3.05, 3.63) is 21.9 Å². The molecule has 0 aliphatic heterocycles. The average Bonchev–Trinajstić information content (AvgIpc) is 2.84. The van der Waals surface area contributed by atoms with Gasteiger partial charge in [-0.2, -0.15) is 11.8 Å². The van der Waals surface area contributed by atoms with Crippen LogP contribution in [0.4, 0.5) is 0 Å². The molecule has 1 amide bonds. The van der Waals surface area contributed by atoms with Gasteiger partial charge in [0.05, 0.1) is 9.75 Å². The molecule has 1 aromatic heterocycles. The summed E-state index contributed by atoms with van der Waals surface area (Å²) in [4.78, 5) is 13.5. The lowest BCUT2D eigenvalue weighted by molar-refractivity contribution is 0.0948. The number of aliphatic hydroxyl groups excluding tert-OH is 1. The van der Waals surface area contributed by atoms with Crippen LogP contribution in [-0.4, -0.2) is 35.2 Å². The molecule has 0 aromatic carbocycles. The highest BCUT2D eigenvalue weighted by Crippen LogP contribution is 2.42. The molecule has 1 aromatic rings. The van der Waals surface area contributed by atoms with Crippen LogP contribution >= 0.6 is 23.1 Å². The number of rotatable bonds is 4. The van der Waals surface area contributed by atoms with Crippen LogP contribution in [0.5, 0.6) is 0 Å². The summed E-state index contributed by atoms with van der Waals surface area (Å²) in [5.74, 6) is 5.37. The minimum atomic E-state index is -0.157. The molecule has 2 rings (SSSR count). The Hall–Kier alpha value is -0.960. The molecule has 1 heterocycles. The Morgan fingerprint density at radius 3 is 2.95 bits per heavy atom. The predicted molar refractivity (Wildman–Crippen MR) is 80.7 cm³/mol. The fraction of sp³-hybridized carbons (Fsp3) is 0.500. The molecule has 1 fully saturated rings. The smallest absolute Gasteiger partial charge is 0.261 e. The Morgan fingerprint density at radius 1 is 1.58 bits per heavy atom. The van der Waals surface area contributed by atoms with Gasteiger partial charge >= 0.3 is 0 Å². The third kappa shape index (κ3) is 3.53. The lowest BCUT2D eigenvalue weighted by Crippen LogP contribution is -2.45. The van der Waals surface area contributed by atoms with Gasteiger partial charge in [0.15, 0.2) is 0 Å². The molecule has 1 aliphatic rings. The third-order valence-electron chi connectivity index (χ3n) is 3.39. The molecule has 0 unspecified atom stereocenters. The van der Waals surface area contributed by atoms with E-state index in [1.54, 1.807) is 6.07 Å². The van der Waals surface area contributed by atoms with Gasteiger partial charge in [-0.15, -0.1) is 11.3 Å². The molecule has 0 radical (unpaired) electrons. The quantitative estimate of drug-likeness (QED) is 0.837. The Kier molecular flexibility index (Phi) is 4.92. The van der Waals surface area contributed by atoms with E-state index in [0.717, 1.165) is 11.4 Å². The molecule has 0 spiro atoms. The predicted octanol–water partition coefficient (Wildman–Crippen LogP) is 2.11. The van der Waals surface area contributed by atoms with Crippen molar-refractivity contribution in [3.63, 3.8) is 0 Å². The summed E-state index contributed by atoms with van der Waals surface area (Å²) >= 11 is 3.21. The molecule has 1 saturated carbocycles. The van der Waals surface area contributed by atoms with Crippen molar-refractivity contribution in [2.45, 2.75) is 24.0 Å². The zero-order chi connectivity index (χ0) is 13.7. The summed E-state index contributed by atoms with van der Waals surface area (Å²) in [5.41, 5.74) is 0. The number of carbonyl (C=O) groups excluding carboxylic acids is 1. The van der Waals surface area contributed by atoms with E-state index in [2.05, 4.69) is 23.4 Å². The van der Waals surface area contributed by atoms with Gasteiger partial charge in [0, 0.05) is 11.3 Å². The Balaban J connectivity index is 1.91. The first-order chi connectivity index (χ1) is 9.19. The molecule has 3 nitrogen and oxygen atoms in total. The van der Waals surface area contributed by atoms with E-state index >= 15 is 0 Å². The van der Waals surface area contributed by atoms with E-state index in [4.69, 9.17) is 5.11 Å². The summed E-state index contributed by atoms with van der Waals surface area (Å²) in [7, 11) is 0. The van der Waals surface area contributed by atoms with Gasteiger partial charge in [-0.3, -0.25) is 4.79 Å². The van der Waals surface area contributed by atoms with E-state index < -0.39 is 0 Å². The normalized spacial score (nSPS) is 16.1. The number of thioether (sulfide) groups is 1. The second-order valence-electron chi connectivity index (χ2n) is 4.55. The van der Waals surface area contributed by atoms with Crippen molar-refractivity contribution in [3.8, 4) is 11.8 Å². The molecule has 0 bridgehead atoms. The first kappa shape index (κ1) is 14.4. The standard InChI is InChI=1S/C14H17NO2S2/c1-18-14(7-3-8-14)10-15-13(17)12-6-5-11(19-12)4-2-9-16/h5-6,16H,3,7-10H2,1H3,(H,15,17). The van der Waals surface area contributed by atoms with Gasteiger partial charge in [0.25, 0.3) is 5.91 Å². The van der Waals surface area contributed by atoms with Crippen molar-refractivity contribution in [1.82, 2.24) is 5.32 Å². The molecule has 0 atom stereocenters. The third-order valence-corrected chi connectivity index (χ3v) is 5.81. The Labute approximate surface area is 121 Å². The van der Waals surface area contributed by atoms with Crippen LogP contribution in [0.1, 0.15) is 33.8 Å². The van der Waals surface area contributed by atoms with E-state index in [-0.39, 0.29) is 17.3 Å². The highest BCUT2D eigenvalue weighted by atomic mass is 32.2. The fourth-order valence-electron chi connectivity index (χ4n) is 2.01. The number of hydrogen-bond acceptors (Lipinski definition) is 4. The van der Waals surface area contributed by atoms with Crippen molar-refractivity contribution < 1.29 is 9.90 Å². The molecular formula is C14H17NO2S2. The zero-order valence-corrected chi connectivity index (χ0v) is 12.5. The van der Waals surface area contributed by atoms with E-state index in [0.29, 0.717) is 4.88 Å². The summed E-state index contributed by atoms with van der Waals surface area (Å²) in [6.07, 6.45) is 5.74. The minimum absolute atomic E-state index is 0.0256. The molecule has 2 N–H and O–H groups in total. The van der Waals surface area contributed by atoms with Gasteiger partial charge in [0.2, 0.25) is 0 Å². The monoisotopic (exact) mass is 295 g/mol. The number of aliphatic hydroxyl groups is 1. The van der Waals surface area contributed by atoms with Crippen molar-refractivity contribution >= 4 is 29.0 Å². The van der Waals surface area contributed by atoms with Gasteiger partial charge in [-0.05, 0) is 31.2 Å². The summed E-state index contributed by atoms with van der Waals surface area (Å²) in [6, 6.07) is 3.60. The number of amides is 1. The number of carbonyl (C=O) groups is 1. The van der Waals surface area contributed by atoms with E-state index in [1.807, 2.05) is 17.8 Å². The first-order valence-electron chi connectivity index (χ1n) is 6.22. The second kappa shape index (κ2) is 6.47. The lowest BCUT2D eigenvalue weighted by Gasteiger charge is -2.40. The fourth-order valence-corrected chi connectivity index (χ4v) is 3.72. The van der Waals surface area contributed by atoms with Gasteiger partial charge in [-0.1, -0.05) is 18.3 Å². The molecular weight excluding hydrogens is 278 g/mol. The van der Waals surface area contributed by atoms with Gasteiger partial charge < -0.3 is 10.4 Å². The maximum Gasteiger partial charge on any atom is 0.261 e. The van der Waals surface area contributed by atoms with Crippen LogP contribution in [0.25, 0.3) is 0 Å². The van der Waals surface area contributed by atoms with E-state index in [9.17, 15) is 4.79 Å². The number of thiophene rings is 1. The second-order valence-corrected chi connectivity index (χ2v) is 6.91. The van der Waals surface area contributed by atoms with Crippen LogP contribution in [-0.2, 0) is 0 Å². The molecule has 0 saturated heterocycles. The van der Waals surface area contributed by atoms with Crippen molar-refractivity contribution in [2.75, 3.05) is 19.4 Å². The summed E-state index contributed by atoms with van der Waals surface area (Å²) < 4.78 is 0.256. The maximum atomic E-state index is 12.0. The van der Waals surface area contributed by atoms with Gasteiger partial charge in [-0.25, -0.2) is 0 Å². The molecule has 1 aliphatic carbocycles. The van der Waals surface area contributed by atoms with Gasteiger partial charge in [0.1, 0.15) is 6.61 Å². The lowest BCUT2D eigenvalue weighted by atomic mass is 9.84. The van der Waals surface area contributed by atoms with Crippen LogP contribution in [0, 0.1) is 11.8 Å². The molecule has 5 heteroatoms. The highest BCUT2D eigenvalue weighted by Gasteiger charge is 2.36. The van der Waals surface area contributed by atoms with Crippen LogP contribution in [0.2, 0.25) is 0 Å². The van der Waals surface area contributed by atoms with Crippen molar-refractivity contribution in [1.29, 1.82) is 0 Å². The minimum Gasteiger partial charge on any atom is -0.384 e. The van der Waals surface area contributed by atoms with Crippen LogP contribution in [0.15, 0.2) is 12.1 Å². The SMILES string of the molecule is CSC1(CNC(=O)c2ccc(C#CCO)s2)CCC1. The van der Waals surface area contributed by atoms with Crippen LogP contribution in [0.3, 0.4) is 0 Å². The number of hydrogen-bond donors (Lipinski definition) is 2. The Morgan fingerprint density at radius 2 is 2.37 bits per heavy atom. The largest absolute Gasteiger partial charge is 0.384 e. The first-order valence-corrected chi connectivity index (χ1v) is 8.26. The van der Waals surface area contributed by atoms with E-state index in [1.165, 1.54) is 30.6 Å². The highest BCUT2D eigenvalue weighted by molar-refractivity contribution is 8.00. The zero-order valence-electron chi connectivity index (χ0n) is 10.9. The molecule has 102 valence electrons. The maximum absolute atomic E-state index is 12.0. The van der Waals surface area contributed by atoms with Crippen molar-refractivity contribution in [2.24, 2.45) is 0 Å².